The van der Waals surface area contributed by atoms with Crippen LogP contribution in [0.4, 0.5) is 5.82 Å². The van der Waals surface area contributed by atoms with Crippen molar-refractivity contribution in [2.45, 2.75) is 18.8 Å². The van der Waals surface area contributed by atoms with E-state index in [1.807, 2.05) is 24.5 Å². The Morgan fingerprint density at radius 2 is 1.94 bits per heavy atom. The molecule has 164 valence electrons. The summed E-state index contributed by atoms with van der Waals surface area (Å²) >= 11 is 7.90. The summed E-state index contributed by atoms with van der Waals surface area (Å²) in [6.07, 6.45) is 5.68. The van der Waals surface area contributed by atoms with Gasteiger partial charge in [0.1, 0.15) is 6.07 Å². The molecule has 1 atom stereocenters. The molecular formula is C26H21ClN4OS. The molecule has 33 heavy (non-hydrogen) atoms. The van der Waals surface area contributed by atoms with Crippen molar-refractivity contribution in [3.05, 3.63) is 82.0 Å². The number of nitrogens with one attached hydrogen (secondary N) is 1. The van der Waals surface area contributed by atoms with Gasteiger partial charge in [-0.3, -0.25) is 4.98 Å². The number of halogens is 1. The highest BCUT2D eigenvalue weighted by atomic mass is 35.5. The molecule has 7 heteroatoms. The van der Waals surface area contributed by atoms with Crippen LogP contribution in [0.2, 0.25) is 5.02 Å². The molecule has 1 aliphatic carbocycles. The van der Waals surface area contributed by atoms with E-state index in [4.69, 9.17) is 16.3 Å². The van der Waals surface area contributed by atoms with Gasteiger partial charge in [0.15, 0.2) is 11.6 Å². The zero-order chi connectivity index (χ0) is 22.9. The van der Waals surface area contributed by atoms with Crippen LogP contribution in [0.5, 0.6) is 5.75 Å². The van der Waals surface area contributed by atoms with Crippen molar-refractivity contribution in [2.75, 3.05) is 18.1 Å². The first kappa shape index (κ1) is 21.6. The summed E-state index contributed by atoms with van der Waals surface area (Å²) in [6.45, 7) is 0. The Balaban J connectivity index is 1.48. The zero-order valence-corrected chi connectivity index (χ0v) is 19.8. The van der Waals surface area contributed by atoms with Crippen molar-refractivity contribution in [1.29, 1.82) is 5.26 Å². The Bertz CT molecular complexity index is 1420. The van der Waals surface area contributed by atoms with Crippen LogP contribution in [0, 0.1) is 11.3 Å². The molecule has 1 N–H and O–H groups in total. The molecule has 0 saturated heterocycles. The van der Waals surface area contributed by atoms with Crippen molar-refractivity contribution in [3.63, 3.8) is 0 Å². The van der Waals surface area contributed by atoms with Crippen molar-refractivity contribution >= 4 is 40.4 Å². The summed E-state index contributed by atoms with van der Waals surface area (Å²) in [4.78, 5) is 9.16. The summed E-state index contributed by atoms with van der Waals surface area (Å²) in [6, 6.07) is 18.9. The van der Waals surface area contributed by atoms with Crippen molar-refractivity contribution in [2.24, 2.45) is 0 Å². The zero-order valence-electron chi connectivity index (χ0n) is 18.2. The monoisotopic (exact) mass is 472 g/mol. The highest BCUT2D eigenvalue weighted by Gasteiger charge is 2.26. The number of benzene rings is 3. The third-order valence-corrected chi connectivity index (χ3v) is 6.79. The second-order valence-electron chi connectivity index (χ2n) is 7.97. The van der Waals surface area contributed by atoms with Gasteiger partial charge in [-0.15, -0.1) is 0 Å². The van der Waals surface area contributed by atoms with Gasteiger partial charge in [-0.1, -0.05) is 47.8 Å². The number of hydrogen-bond donors (Lipinski definition) is 1. The molecular weight excluding hydrogens is 452 g/mol. The lowest BCUT2D eigenvalue weighted by molar-refractivity contribution is 0.413. The second kappa shape index (κ2) is 8.93. The Morgan fingerprint density at radius 3 is 2.73 bits per heavy atom. The number of aryl methyl sites for hydroxylation is 1. The molecule has 0 bridgehead atoms. The quantitative estimate of drug-likeness (QED) is 0.330. The van der Waals surface area contributed by atoms with Gasteiger partial charge in [-0.25, -0.2) is 4.98 Å². The van der Waals surface area contributed by atoms with Gasteiger partial charge in [-0.05, 0) is 64.9 Å². The fourth-order valence-corrected chi connectivity index (χ4v) is 5.21. The molecule has 4 aromatic rings. The molecule has 5 nitrogen and oxygen atoms in total. The fourth-order valence-electron chi connectivity index (χ4n) is 4.59. The van der Waals surface area contributed by atoms with Gasteiger partial charge in [0, 0.05) is 12.2 Å². The molecule has 1 aliphatic rings. The molecule has 1 aromatic heterocycles. The highest BCUT2D eigenvalue weighted by molar-refractivity contribution is 7.99. The summed E-state index contributed by atoms with van der Waals surface area (Å²) in [5, 5.41) is 9.99. The third kappa shape index (κ3) is 3.99. The van der Waals surface area contributed by atoms with Gasteiger partial charge in [0.25, 0.3) is 0 Å². The number of aromatic nitrogens is 2. The summed E-state index contributed by atoms with van der Waals surface area (Å²) in [5.41, 5.74) is 8.16. The first-order valence-corrected chi connectivity index (χ1v) is 12.2. The predicted octanol–water partition coefficient (Wildman–Crippen LogP) is 6.60. The third-order valence-electron chi connectivity index (χ3n) is 6.10. The molecule has 1 unspecified atom stereocenters. The Kier molecular flexibility index (Phi) is 5.84. The Hall–Kier alpha value is -3.27. The van der Waals surface area contributed by atoms with Crippen molar-refractivity contribution in [1.82, 2.24) is 9.97 Å². The fraction of sp³-hybridized carbons (Fsp3) is 0.192. The highest BCUT2D eigenvalue weighted by Crippen LogP contribution is 2.42. The van der Waals surface area contributed by atoms with Gasteiger partial charge in [0.2, 0.25) is 0 Å². The van der Waals surface area contributed by atoms with Crippen LogP contribution in [-0.4, -0.2) is 23.3 Å². The van der Waals surface area contributed by atoms with E-state index in [0.29, 0.717) is 16.3 Å². The summed E-state index contributed by atoms with van der Waals surface area (Å²) in [7, 11) is 1.53. The van der Waals surface area contributed by atoms with E-state index in [0.717, 1.165) is 46.4 Å². The van der Waals surface area contributed by atoms with Gasteiger partial charge < -0.3 is 9.46 Å². The van der Waals surface area contributed by atoms with Crippen molar-refractivity contribution < 1.29 is 4.74 Å². The lowest BCUT2D eigenvalue weighted by atomic mass is 9.90. The van der Waals surface area contributed by atoms with Crippen LogP contribution in [0.1, 0.15) is 34.6 Å². The average Bonchev–Trinajstić information content (AvgIpc) is 3.26. The normalized spacial score (nSPS) is 14.7. The molecule has 0 radical (unpaired) electrons. The first-order chi connectivity index (χ1) is 16.1. The smallest absolute Gasteiger partial charge is 0.155 e. The van der Waals surface area contributed by atoms with E-state index < -0.39 is 0 Å². The van der Waals surface area contributed by atoms with Gasteiger partial charge in [-0.2, -0.15) is 5.26 Å². The Morgan fingerprint density at radius 1 is 1.12 bits per heavy atom. The van der Waals surface area contributed by atoms with Gasteiger partial charge in [0.05, 0.1) is 34.9 Å². The van der Waals surface area contributed by atoms with Crippen LogP contribution < -0.4 is 9.46 Å². The predicted molar refractivity (Wildman–Crippen MR) is 135 cm³/mol. The molecule has 1 heterocycles. The van der Waals surface area contributed by atoms with E-state index in [-0.39, 0.29) is 5.92 Å². The minimum Gasteiger partial charge on any atom is -0.494 e. The van der Waals surface area contributed by atoms with Crippen LogP contribution in [0.25, 0.3) is 22.2 Å². The maximum Gasteiger partial charge on any atom is 0.155 e. The number of nitriles is 1. The number of anilines is 1. The topological polar surface area (TPSA) is 70.8 Å². The van der Waals surface area contributed by atoms with Crippen molar-refractivity contribution in [3.8, 4) is 22.9 Å². The van der Waals surface area contributed by atoms with Crippen LogP contribution >= 0.6 is 23.5 Å². The van der Waals surface area contributed by atoms with E-state index >= 15 is 0 Å². The molecule has 5 rings (SSSR count). The van der Waals surface area contributed by atoms with Crippen LogP contribution in [-0.2, 0) is 6.42 Å². The standard InChI is InChI=1S/C26H21ClN4OS/c1-32-26-19(13-28)10-18(11-22(26)27)21-7-4-17-9-15(3-6-20(17)21)16-5-8-23-24(12-16)29-14-25(30-23)31-33-2/h3,5-6,8-12,14,21H,4,7H2,1-2H3,(H,30,31). The maximum absolute atomic E-state index is 9.51. The molecule has 0 saturated carbocycles. The number of ether oxygens (including phenoxy) is 1. The lowest BCUT2D eigenvalue weighted by Crippen LogP contribution is -1.99. The van der Waals surface area contributed by atoms with E-state index in [1.165, 1.54) is 30.2 Å². The summed E-state index contributed by atoms with van der Waals surface area (Å²) < 4.78 is 8.42. The largest absolute Gasteiger partial charge is 0.494 e. The molecule has 0 spiro atoms. The number of hydrogen-bond acceptors (Lipinski definition) is 6. The molecule has 0 aliphatic heterocycles. The average molecular weight is 473 g/mol. The van der Waals surface area contributed by atoms with E-state index in [1.54, 1.807) is 6.20 Å². The number of fused-ring (bicyclic) bond motifs is 2. The maximum atomic E-state index is 9.51. The Labute approximate surface area is 201 Å². The minimum absolute atomic E-state index is 0.217. The minimum atomic E-state index is 0.217. The summed E-state index contributed by atoms with van der Waals surface area (Å²) in [5.74, 6) is 1.41. The van der Waals surface area contributed by atoms with Crippen LogP contribution in [0.3, 0.4) is 0 Å². The van der Waals surface area contributed by atoms with Crippen LogP contribution in [0.15, 0.2) is 54.7 Å². The van der Waals surface area contributed by atoms with Gasteiger partial charge >= 0.3 is 0 Å². The lowest BCUT2D eigenvalue weighted by Gasteiger charge is -2.15. The molecule has 0 fully saturated rings. The number of methoxy groups -OCH3 is 1. The number of nitrogens with zero attached hydrogens (tertiary/aromatic N) is 3. The first-order valence-electron chi connectivity index (χ1n) is 10.6. The molecule has 3 aromatic carbocycles. The van der Waals surface area contributed by atoms with E-state index in [9.17, 15) is 5.26 Å². The SMILES string of the molecule is COc1c(Cl)cc(C2CCc3cc(-c4ccc5nc(NSC)cnc5c4)ccc32)cc1C#N. The van der Waals surface area contributed by atoms with E-state index in [2.05, 4.69) is 51.1 Å². The second-order valence-corrected chi connectivity index (χ2v) is 8.98. The molecule has 0 amide bonds. The number of rotatable bonds is 5.